The maximum atomic E-state index is 13.1. The van der Waals surface area contributed by atoms with Crippen molar-refractivity contribution >= 4 is 0 Å². The monoisotopic (exact) mass is 304 g/mol. The Morgan fingerprint density at radius 2 is 2.05 bits per heavy atom. The van der Waals surface area contributed by atoms with E-state index < -0.39 is 24.1 Å². The Hall–Kier alpha value is -1.04. The van der Waals surface area contributed by atoms with Crippen molar-refractivity contribution in [2.75, 3.05) is 0 Å². The molecular weight excluding hydrogens is 281 g/mol. The molecule has 1 N–H and O–H groups in total. The van der Waals surface area contributed by atoms with Crippen LogP contribution in [0.15, 0.2) is 6.07 Å². The minimum absolute atomic E-state index is 0.136. The van der Waals surface area contributed by atoms with Gasteiger partial charge >= 0.3 is 6.18 Å². The smallest absolute Gasteiger partial charge is 0.392 e. The van der Waals surface area contributed by atoms with Crippen molar-refractivity contribution in [1.29, 1.82) is 0 Å². The lowest BCUT2D eigenvalue weighted by Gasteiger charge is -2.36. The van der Waals surface area contributed by atoms with Crippen LogP contribution in [0.3, 0.4) is 0 Å². The minimum Gasteiger partial charge on any atom is -0.392 e. The second kappa shape index (κ2) is 6.38. The molecule has 2 rings (SSSR count). The van der Waals surface area contributed by atoms with Gasteiger partial charge in [-0.15, -0.1) is 0 Å². The van der Waals surface area contributed by atoms with Crippen LogP contribution in [0, 0.1) is 18.8 Å². The Kier molecular flexibility index (Phi) is 4.96. The molecule has 120 valence electrons. The molecule has 3 unspecified atom stereocenters. The fraction of sp³-hybridized carbons (Fsp3) is 0.800. The second-order valence-corrected chi connectivity index (χ2v) is 5.96. The van der Waals surface area contributed by atoms with Crippen molar-refractivity contribution in [2.24, 2.45) is 11.8 Å². The van der Waals surface area contributed by atoms with E-state index >= 15 is 0 Å². The van der Waals surface area contributed by atoms with Gasteiger partial charge in [-0.3, -0.25) is 4.68 Å². The Balaban J connectivity index is 2.12. The van der Waals surface area contributed by atoms with Crippen LogP contribution < -0.4 is 0 Å². The summed E-state index contributed by atoms with van der Waals surface area (Å²) in [6.07, 6.45) is -2.99. The van der Waals surface area contributed by atoms with Crippen molar-refractivity contribution in [3.63, 3.8) is 0 Å². The zero-order chi connectivity index (χ0) is 15.6. The van der Waals surface area contributed by atoms with Crippen molar-refractivity contribution < 1.29 is 18.3 Å². The molecule has 0 bridgehead atoms. The minimum atomic E-state index is -4.22. The van der Waals surface area contributed by atoms with Crippen LogP contribution in [0.4, 0.5) is 13.2 Å². The highest BCUT2D eigenvalue weighted by Crippen LogP contribution is 2.43. The molecule has 1 aliphatic rings. The lowest BCUT2D eigenvalue weighted by atomic mass is 9.75. The molecule has 3 nitrogen and oxygen atoms in total. The molecule has 21 heavy (non-hydrogen) atoms. The van der Waals surface area contributed by atoms with Gasteiger partial charge in [0.15, 0.2) is 0 Å². The third-order valence-corrected chi connectivity index (χ3v) is 4.44. The van der Waals surface area contributed by atoms with E-state index in [2.05, 4.69) is 5.10 Å². The number of hydrogen-bond donors (Lipinski definition) is 1. The SMILES string of the molecule is CCn1nc(C)cc1CC(O)C1CCCCC1C(F)(F)F. The number of aliphatic hydroxyl groups is 1. The number of rotatable bonds is 4. The normalized spacial score (nSPS) is 25.0. The molecule has 1 aliphatic carbocycles. The molecule has 1 heterocycles. The van der Waals surface area contributed by atoms with E-state index in [4.69, 9.17) is 0 Å². The largest absolute Gasteiger partial charge is 0.392 e. The van der Waals surface area contributed by atoms with Crippen LogP contribution in [-0.4, -0.2) is 27.2 Å². The van der Waals surface area contributed by atoms with Crippen LogP contribution in [0.25, 0.3) is 0 Å². The van der Waals surface area contributed by atoms with Crippen molar-refractivity contribution in [3.8, 4) is 0 Å². The molecule has 1 fully saturated rings. The Bertz CT molecular complexity index is 470. The maximum absolute atomic E-state index is 13.1. The van der Waals surface area contributed by atoms with Crippen LogP contribution in [0.1, 0.15) is 44.0 Å². The van der Waals surface area contributed by atoms with Crippen molar-refractivity contribution in [3.05, 3.63) is 17.5 Å². The first kappa shape index (κ1) is 16.3. The average Bonchev–Trinajstić information content (AvgIpc) is 2.77. The summed E-state index contributed by atoms with van der Waals surface area (Å²) in [6, 6.07) is 1.85. The van der Waals surface area contributed by atoms with Gasteiger partial charge < -0.3 is 5.11 Å². The summed E-state index contributed by atoms with van der Waals surface area (Å²) in [5.41, 5.74) is 1.64. The molecule has 0 radical (unpaired) electrons. The van der Waals surface area contributed by atoms with Crippen LogP contribution >= 0.6 is 0 Å². The lowest BCUT2D eigenvalue weighted by molar-refractivity contribution is -0.206. The molecule has 1 aromatic heterocycles. The Labute approximate surface area is 123 Å². The van der Waals surface area contributed by atoms with Gasteiger partial charge in [0.1, 0.15) is 0 Å². The van der Waals surface area contributed by atoms with E-state index in [1.165, 1.54) is 0 Å². The van der Waals surface area contributed by atoms with Gasteiger partial charge in [0.2, 0.25) is 0 Å². The van der Waals surface area contributed by atoms with E-state index in [0.29, 0.717) is 19.4 Å². The highest BCUT2D eigenvalue weighted by molar-refractivity contribution is 5.10. The van der Waals surface area contributed by atoms with Gasteiger partial charge in [0.05, 0.1) is 17.7 Å². The molecule has 0 spiro atoms. The molecular formula is C15H23F3N2O. The summed E-state index contributed by atoms with van der Waals surface area (Å²) in [4.78, 5) is 0. The predicted octanol–water partition coefficient (Wildman–Crippen LogP) is 3.48. The quantitative estimate of drug-likeness (QED) is 0.924. The average molecular weight is 304 g/mol. The molecule has 3 atom stereocenters. The van der Waals surface area contributed by atoms with Gasteiger partial charge in [-0.1, -0.05) is 12.8 Å². The van der Waals surface area contributed by atoms with Crippen LogP contribution in [0.2, 0.25) is 0 Å². The highest BCUT2D eigenvalue weighted by Gasteiger charge is 2.47. The number of nitrogens with zero attached hydrogens (tertiary/aromatic N) is 2. The van der Waals surface area contributed by atoms with Gasteiger partial charge in [0, 0.05) is 18.7 Å². The van der Waals surface area contributed by atoms with Crippen LogP contribution in [-0.2, 0) is 13.0 Å². The lowest BCUT2D eigenvalue weighted by Crippen LogP contribution is -2.40. The van der Waals surface area contributed by atoms with Crippen molar-refractivity contribution in [1.82, 2.24) is 9.78 Å². The van der Waals surface area contributed by atoms with Gasteiger partial charge in [-0.2, -0.15) is 18.3 Å². The van der Waals surface area contributed by atoms with E-state index in [1.807, 2.05) is 19.9 Å². The summed E-state index contributed by atoms with van der Waals surface area (Å²) in [5.74, 6) is -2.07. The molecule has 1 saturated carbocycles. The zero-order valence-electron chi connectivity index (χ0n) is 12.5. The van der Waals surface area contributed by atoms with E-state index in [1.54, 1.807) is 4.68 Å². The molecule has 0 amide bonds. The number of halogens is 3. The van der Waals surface area contributed by atoms with Gasteiger partial charge in [-0.25, -0.2) is 0 Å². The molecule has 0 aliphatic heterocycles. The topological polar surface area (TPSA) is 38.0 Å². The van der Waals surface area contributed by atoms with Gasteiger partial charge in [-0.05, 0) is 38.7 Å². The van der Waals surface area contributed by atoms with E-state index in [-0.39, 0.29) is 12.8 Å². The number of aryl methyl sites for hydroxylation is 2. The highest BCUT2D eigenvalue weighted by atomic mass is 19.4. The Morgan fingerprint density at radius 3 is 2.67 bits per heavy atom. The fourth-order valence-electron chi connectivity index (χ4n) is 3.43. The summed E-state index contributed by atoms with van der Waals surface area (Å²) < 4.78 is 41.1. The second-order valence-electron chi connectivity index (χ2n) is 5.96. The number of aliphatic hydroxyl groups excluding tert-OH is 1. The summed E-state index contributed by atoms with van der Waals surface area (Å²) >= 11 is 0. The first-order valence-electron chi connectivity index (χ1n) is 7.61. The number of alkyl halides is 3. The third kappa shape index (κ3) is 3.78. The predicted molar refractivity (Wildman–Crippen MR) is 73.9 cm³/mol. The van der Waals surface area contributed by atoms with Gasteiger partial charge in [0.25, 0.3) is 0 Å². The molecule has 6 heteroatoms. The molecule has 0 aromatic carbocycles. The Morgan fingerprint density at radius 1 is 1.38 bits per heavy atom. The number of aromatic nitrogens is 2. The third-order valence-electron chi connectivity index (χ3n) is 4.44. The summed E-state index contributed by atoms with van der Waals surface area (Å²) in [7, 11) is 0. The summed E-state index contributed by atoms with van der Waals surface area (Å²) in [5, 5.41) is 14.6. The fourth-order valence-corrected chi connectivity index (χ4v) is 3.43. The molecule has 0 saturated heterocycles. The summed E-state index contributed by atoms with van der Waals surface area (Å²) in [6.45, 7) is 4.44. The first-order chi connectivity index (χ1) is 9.82. The first-order valence-corrected chi connectivity index (χ1v) is 7.61. The van der Waals surface area contributed by atoms with Crippen molar-refractivity contribution in [2.45, 2.75) is 64.8 Å². The van der Waals surface area contributed by atoms with E-state index in [0.717, 1.165) is 17.8 Å². The standard InChI is InChI=1S/C15H23F3N2O/c1-3-20-11(8-10(2)19-20)9-14(21)12-6-4-5-7-13(12)15(16,17)18/h8,12-14,21H,3-7,9H2,1-2H3. The van der Waals surface area contributed by atoms with E-state index in [9.17, 15) is 18.3 Å². The zero-order valence-corrected chi connectivity index (χ0v) is 12.5. The number of hydrogen-bond acceptors (Lipinski definition) is 2. The maximum Gasteiger partial charge on any atom is 0.392 e. The van der Waals surface area contributed by atoms with Crippen LogP contribution in [0.5, 0.6) is 0 Å². The molecule has 1 aromatic rings.